The lowest BCUT2D eigenvalue weighted by molar-refractivity contribution is 0.378. The van der Waals surface area contributed by atoms with Crippen LogP contribution in [0.3, 0.4) is 0 Å². The molecule has 2 rings (SSSR count). The van der Waals surface area contributed by atoms with Gasteiger partial charge in [-0.1, -0.05) is 95.3 Å². The van der Waals surface area contributed by atoms with Crippen molar-refractivity contribution in [2.75, 3.05) is 24.6 Å². The standard InChI is InChI=1S/C28H44N4O2P2S2/c1-6-24(23-19-15-12-16-20-23)26(30-28(38)32-36(34,9-4)10-5)25(21-22-17-13-11-14-18-22)29-27(37)31-35(33,7-2)8-3/h11-20,24-26H,6-10,21H2,1-5H3,(H2,29,31,33,37)(H2,30,32,34,38). The van der Waals surface area contributed by atoms with Crippen LogP contribution in [0, 0.1) is 0 Å². The van der Waals surface area contributed by atoms with Crippen molar-refractivity contribution in [2.24, 2.45) is 0 Å². The minimum absolute atomic E-state index is 0.0757. The van der Waals surface area contributed by atoms with Gasteiger partial charge in [-0.25, -0.2) is 0 Å². The van der Waals surface area contributed by atoms with Gasteiger partial charge in [-0.05, 0) is 48.4 Å². The number of nitrogens with one attached hydrogen (secondary N) is 4. The highest BCUT2D eigenvalue weighted by molar-refractivity contribution is 7.81. The third kappa shape index (κ3) is 9.79. The molecule has 4 N–H and O–H groups in total. The molecular weight excluding hydrogens is 550 g/mol. The fraction of sp³-hybridized carbons (Fsp3) is 0.500. The first-order valence-electron chi connectivity index (χ1n) is 13.5. The van der Waals surface area contributed by atoms with Crippen molar-refractivity contribution in [2.45, 2.75) is 65.5 Å². The van der Waals surface area contributed by atoms with E-state index in [4.69, 9.17) is 24.4 Å². The molecule has 6 nitrogen and oxygen atoms in total. The fourth-order valence-electron chi connectivity index (χ4n) is 4.53. The van der Waals surface area contributed by atoms with Crippen LogP contribution in [0.15, 0.2) is 60.7 Å². The molecule has 0 aliphatic rings. The van der Waals surface area contributed by atoms with Gasteiger partial charge in [-0.15, -0.1) is 0 Å². The second-order valence-corrected chi connectivity index (χ2v) is 16.8. The Kier molecular flexibility index (Phi) is 13.5. The average molecular weight is 595 g/mol. The molecule has 2 aromatic rings. The van der Waals surface area contributed by atoms with E-state index < -0.39 is 14.6 Å². The average Bonchev–Trinajstić information content (AvgIpc) is 2.93. The van der Waals surface area contributed by atoms with Crippen LogP contribution < -0.4 is 20.8 Å². The second-order valence-electron chi connectivity index (χ2n) is 9.46. The minimum Gasteiger partial charge on any atom is -0.357 e. The van der Waals surface area contributed by atoms with Gasteiger partial charge < -0.3 is 29.9 Å². The van der Waals surface area contributed by atoms with Gasteiger partial charge >= 0.3 is 0 Å². The number of rotatable bonds is 14. The molecule has 0 aliphatic carbocycles. The predicted molar refractivity (Wildman–Crippen MR) is 172 cm³/mol. The van der Waals surface area contributed by atoms with Crippen LogP contribution in [0.5, 0.6) is 0 Å². The quantitative estimate of drug-likeness (QED) is 0.142. The molecule has 0 aliphatic heterocycles. The Bertz CT molecular complexity index is 1100. The molecule has 0 amide bonds. The molecule has 0 saturated heterocycles. The maximum absolute atomic E-state index is 13.2. The number of hydrogen-bond acceptors (Lipinski definition) is 4. The molecule has 210 valence electrons. The van der Waals surface area contributed by atoms with Crippen molar-refractivity contribution in [3.63, 3.8) is 0 Å². The summed E-state index contributed by atoms with van der Waals surface area (Å²) in [5.41, 5.74) is 2.32. The first kappa shape index (κ1) is 32.5. The Morgan fingerprint density at radius 2 is 1.16 bits per heavy atom. The number of thiocarbonyl (C=S) groups is 2. The zero-order valence-corrected chi connectivity index (χ0v) is 26.7. The summed E-state index contributed by atoms with van der Waals surface area (Å²) >= 11 is 11.4. The Labute approximate surface area is 240 Å². The molecule has 0 saturated carbocycles. The van der Waals surface area contributed by atoms with E-state index in [0.717, 1.165) is 12.0 Å². The van der Waals surface area contributed by atoms with Crippen molar-refractivity contribution < 1.29 is 9.13 Å². The molecule has 0 aromatic heterocycles. The first-order chi connectivity index (χ1) is 18.1. The lowest BCUT2D eigenvalue weighted by atomic mass is 9.83. The summed E-state index contributed by atoms with van der Waals surface area (Å²) in [5, 5.41) is 14.1. The highest BCUT2D eigenvalue weighted by Gasteiger charge is 2.33. The minimum atomic E-state index is -2.61. The molecule has 0 bridgehead atoms. The van der Waals surface area contributed by atoms with Gasteiger partial charge in [0.25, 0.3) is 0 Å². The zero-order valence-electron chi connectivity index (χ0n) is 23.3. The van der Waals surface area contributed by atoms with Gasteiger partial charge in [-0.2, -0.15) is 0 Å². The van der Waals surface area contributed by atoms with Crippen molar-refractivity contribution in [3.8, 4) is 0 Å². The SMILES string of the molecule is CCC(c1ccccc1)C(NC(=S)NP(=O)(CC)CC)C(Cc1ccccc1)NC(=S)NP(=O)(CC)CC. The summed E-state index contributed by atoms with van der Waals surface area (Å²) in [7, 11) is -5.22. The summed E-state index contributed by atoms with van der Waals surface area (Å²) in [6.45, 7) is 9.82. The van der Waals surface area contributed by atoms with Crippen LogP contribution in [0.4, 0.5) is 0 Å². The van der Waals surface area contributed by atoms with Gasteiger partial charge in [0.15, 0.2) is 24.8 Å². The van der Waals surface area contributed by atoms with Gasteiger partial charge in [0.05, 0.1) is 12.1 Å². The van der Waals surface area contributed by atoms with E-state index in [1.807, 2.05) is 64.1 Å². The van der Waals surface area contributed by atoms with Crippen molar-refractivity contribution in [3.05, 3.63) is 71.8 Å². The van der Waals surface area contributed by atoms with Gasteiger partial charge in [0.2, 0.25) is 0 Å². The summed E-state index contributed by atoms with van der Waals surface area (Å²) in [5.74, 6) is 0.0757. The third-order valence-electron chi connectivity index (χ3n) is 7.10. The van der Waals surface area contributed by atoms with Crippen LogP contribution in [0.2, 0.25) is 0 Å². The highest BCUT2D eigenvalue weighted by atomic mass is 32.1. The lowest BCUT2D eigenvalue weighted by Gasteiger charge is -2.37. The molecule has 3 atom stereocenters. The topological polar surface area (TPSA) is 82.3 Å². The number of hydrogen-bond donors (Lipinski definition) is 4. The van der Waals surface area contributed by atoms with E-state index in [2.05, 4.69) is 52.0 Å². The van der Waals surface area contributed by atoms with E-state index in [1.54, 1.807) is 0 Å². The normalized spacial score (nSPS) is 14.1. The Morgan fingerprint density at radius 3 is 1.61 bits per heavy atom. The summed E-state index contributed by atoms with van der Waals surface area (Å²) in [6.07, 6.45) is 3.60. The van der Waals surface area contributed by atoms with E-state index in [0.29, 0.717) is 41.3 Å². The summed E-state index contributed by atoms with van der Waals surface area (Å²) in [4.78, 5) is 0. The van der Waals surface area contributed by atoms with E-state index in [1.165, 1.54) is 5.56 Å². The van der Waals surface area contributed by atoms with Crippen LogP contribution >= 0.6 is 39.0 Å². The molecule has 0 fully saturated rings. The van der Waals surface area contributed by atoms with Crippen LogP contribution in [0.1, 0.15) is 58.1 Å². The van der Waals surface area contributed by atoms with Crippen molar-refractivity contribution in [1.29, 1.82) is 0 Å². The molecule has 0 spiro atoms. The van der Waals surface area contributed by atoms with Gasteiger partial charge in [-0.3, -0.25) is 0 Å². The van der Waals surface area contributed by atoms with Gasteiger partial charge in [0, 0.05) is 30.6 Å². The van der Waals surface area contributed by atoms with Crippen LogP contribution in [-0.2, 0) is 15.6 Å². The fourth-order valence-corrected chi connectivity index (χ4v) is 8.21. The maximum Gasteiger partial charge on any atom is 0.172 e. The van der Waals surface area contributed by atoms with E-state index in [9.17, 15) is 9.13 Å². The Balaban J connectivity index is 2.50. The molecular formula is C28H44N4O2P2S2. The predicted octanol–water partition coefficient (Wildman–Crippen LogP) is 6.72. The van der Waals surface area contributed by atoms with Crippen molar-refractivity contribution in [1.82, 2.24) is 20.8 Å². The van der Waals surface area contributed by atoms with E-state index in [-0.39, 0.29) is 18.0 Å². The number of benzene rings is 2. The highest BCUT2D eigenvalue weighted by Crippen LogP contribution is 2.40. The first-order valence-corrected chi connectivity index (χ1v) is 18.5. The summed E-state index contributed by atoms with van der Waals surface area (Å²) < 4.78 is 26.4. The van der Waals surface area contributed by atoms with Crippen molar-refractivity contribution >= 4 is 49.2 Å². The molecule has 0 heterocycles. The maximum atomic E-state index is 13.2. The van der Waals surface area contributed by atoms with E-state index >= 15 is 0 Å². The second kappa shape index (κ2) is 15.8. The zero-order chi connectivity index (χ0) is 28.2. The van der Waals surface area contributed by atoms with Gasteiger partial charge in [0.1, 0.15) is 0 Å². The lowest BCUT2D eigenvalue weighted by Crippen LogP contribution is -2.58. The molecule has 38 heavy (non-hydrogen) atoms. The van der Waals surface area contributed by atoms with Crippen LogP contribution in [0.25, 0.3) is 0 Å². The molecule has 10 heteroatoms. The molecule has 0 radical (unpaired) electrons. The largest absolute Gasteiger partial charge is 0.357 e. The summed E-state index contributed by atoms with van der Waals surface area (Å²) in [6, 6.07) is 20.2. The molecule has 2 aromatic carbocycles. The smallest absolute Gasteiger partial charge is 0.172 e. The Hall–Kier alpha value is -1.72. The third-order valence-corrected chi connectivity index (χ3v) is 13.2. The van der Waals surface area contributed by atoms with Crippen LogP contribution in [-0.4, -0.2) is 47.0 Å². The molecule has 3 unspecified atom stereocenters. The monoisotopic (exact) mass is 594 g/mol. The Morgan fingerprint density at radius 1 is 0.711 bits per heavy atom.